The second kappa shape index (κ2) is 3.33. The first-order valence-electron chi connectivity index (χ1n) is 4.26. The third-order valence-electron chi connectivity index (χ3n) is 2.09. The number of alkyl halides is 3. The Labute approximate surface area is 91.4 Å². The highest BCUT2D eigenvalue weighted by atomic mass is 79.9. The summed E-state index contributed by atoms with van der Waals surface area (Å²) in [6, 6.07) is 0.806. The molecule has 2 rings (SSSR count). The van der Waals surface area contributed by atoms with Gasteiger partial charge in [-0.05, 0) is 28.8 Å². The summed E-state index contributed by atoms with van der Waals surface area (Å²) in [5.41, 5.74) is -1.05. The maximum Gasteiger partial charge on any atom is 0.435 e. The maximum absolute atomic E-state index is 12.3. The van der Waals surface area contributed by atoms with E-state index in [1.165, 1.54) is 0 Å². The van der Waals surface area contributed by atoms with E-state index in [9.17, 15) is 18.0 Å². The smallest absolute Gasteiger partial charge is 0.272 e. The van der Waals surface area contributed by atoms with Gasteiger partial charge in [0.05, 0.1) is 0 Å². The lowest BCUT2D eigenvalue weighted by Crippen LogP contribution is -2.16. The highest BCUT2D eigenvalue weighted by molar-refractivity contribution is 9.10. The van der Waals surface area contributed by atoms with E-state index in [2.05, 4.69) is 21.0 Å². The van der Waals surface area contributed by atoms with Gasteiger partial charge in [-0.1, -0.05) is 0 Å². The van der Waals surface area contributed by atoms with Gasteiger partial charge in [0.1, 0.15) is 4.60 Å². The Morgan fingerprint density at radius 3 is 2.53 bits per heavy atom. The van der Waals surface area contributed by atoms with Crippen molar-refractivity contribution in [2.24, 2.45) is 5.92 Å². The molecule has 0 aliphatic heterocycles. The molecule has 0 unspecified atom stereocenters. The predicted molar refractivity (Wildman–Crippen MR) is 48.3 cm³/mol. The Balaban J connectivity index is 2.32. The molecule has 0 radical (unpaired) electrons. The second-order valence-corrected chi connectivity index (χ2v) is 4.19. The van der Waals surface area contributed by atoms with E-state index in [1.807, 2.05) is 0 Å². The summed E-state index contributed by atoms with van der Waals surface area (Å²) in [5, 5.41) is 3.24. The monoisotopic (exact) mass is 282 g/mol. The topological polar surface area (TPSA) is 34.9 Å². The fraction of sp³-hybridized carbons (Fsp3) is 0.500. The molecule has 1 aromatic heterocycles. The van der Waals surface area contributed by atoms with Crippen molar-refractivity contribution >= 4 is 21.8 Å². The molecule has 0 amide bonds. The lowest BCUT2D eigenvalue weighted by Gasteiger charge is -2.01. The van der Waals surface area contributed by atoms with Crippen LogP contribution in [0.25, 0.3) is 0 Å². The molecule has 1 heterocycles. The second-order valence-electron chi connectivity index (χ2n) is 3.37. The first-order valence-corrected chi connectivity index (χ1v) is 5.06. The highest BCUT2D eigenvalue weighted by Crippen LogP contribution is 2.34. The standard InChI is InChI=1S/C8H6BrF3N2O/c9-6-3-5(8(10,11)12)13-14(6)7(15)4-1-2-4/h3-4H,1-2H2. The minimum Gasteiger partial charge on any atom is -0.272 e. The van der Waals surface area contributed by atoms with Crippen LogP contribution >= 0.6 is 15.9 Å². The number of halogens is 4. The molecule has 7 heteroatoms. The number of hydrogen-bond acceptors (Lipinski definition) is 2. The Hall–Kier alpha value is -0.850. The molecule has 0 N–H and O–H groups in total. The molecule has 1 aliphatic carbocycles. The van der Waals surface area contributed by atoms with E-state index in [-0.39, 0.29) is 16.4 Å². The molecular formula is C8H6BrF3N2O. The zero-order chi connectivity index (χ0) is 11.2. The van der Waals surface area contributed by atoms with Gasteiger partial charge in [0.25, 0.3) is 5.91 Å². The van der Waals surface area contributed by atoms with Crippen molar-refractivity contribution in [3.8, 4) is 0 Å². The summed E-state index contributed by atoms with van der Waals surface area (Å²) in [7, 11) is 0. The van der Waals surface area contributed by atoms with E-state index < -0.39 is 11.9 Å². The minimum absolute atomic E-state index is 0.0479. The van der Waals surface area contributed by atoms with Crippen molar-refractivity contribution < 1.29 is 18.0 Å². The van der Waals surface area contributed by atoms with E-state index in [0.717, 1.165) is 23.6 Å². The van der Waals surface area contributed by atoms with Crippen LogP contribution < -0.4 is 0 Å². The Morgan fingerprint density at radius 2 is 2.13 bits per heavy atom. The molecule has 3 nitrogen and oxygen atoms in total. The van der Waals surface area contributed by atoms with Gasteiger partial charge in [-0.3, -0.25) is 4.79 Å². The summed E-state index contributed by atoms with van der Waals surface area (Å²) < 4.78 is 37.6. The van der Waals surface area contributed by atoms with Crippen LogP contribution in [0.2, 0.25) is 0 Å². The van der Waals surface area contributed by atoms with E-state index in [0.29, 0.717) is 0 Å². The van der Waals surface area contributed by atoms with Gasteiger partial charge in [-0.15, -0.1) is 0 Å². The summed E-state index contributed by atoms with van der Waals surface area (Å²) in [4.78, 5) is 11.5. The SMILES string of the molecule is O=C(C1CC1)n1nc(C(F)(F)F)cc1Br. The van der Waals surface area contributed by atoms with Crippen LogP contribution in [0, 0.1) is 5.92 Å². The number of rotatable bonds is 1. The van der Waals surface area contributed by atoms with Crippen molar-refractivity contribution in [3.05, 3.63) is 16.4 Å². The van der Waals surface area contributed by atoms with Crippen molar-refractivity contribution in [1.29, 1.82) is 0 Å². The largest absolute Gasteiger partial charge is 0.435 e. The summed E-state index contributed by atoms with van der Waals surface area (Å²) in [6.45, 7) is 0. The van der Waals surface area contributed by atoms with Crippen LogP contribution in [0.3, 0.4) is 0 Å². The Morgan fingerprint density at radius 1 is 1.53 bits per heavy atom. The van der Waals surface area contributed by atoms with Crippen molar-refractivity contribution in [2.75, 3.05) is 0 Å². The van der Waals surface area contributed by atoms with Crippen LogP contribution in [-0.4, -0.2) is 15.7 Å². The molecule has 0 spiro atoms. The predicted octanol–water partition coefficient (Wildman–Crippen LogP) is 2.71. The van der Waals surface area contributed by atoms with E-state index >= 15 is 0 Å². The zero-order valence-electron chi connectivity index (χ0n) is 7.38. The highest BCUT2D eigenvalue weighted by Gasteiger charge is 2.38. The lowest BCUT2D eigenvalue weighted by atomic mass is 10.4. The van der Waals surface area contributed by atoms with Gasteiger partial charge in [-0.2, -0.15) is 23.0 Å². The molecular weight excluding hydrogens is 277 g/mol. The van der Waals surface area contributed by atoms with Crippen molar-refractivity contribution in [2.45, 2.75) is 19.0 Å². The molecule has 0 atom stereocenters. The molecule has 82 valence electrons. The quantitative estimate of drug-likeness (QED) is 0.794. The molecule has 1 saturated carbocycles. The number of nitrogens with zero attached hydrogens (tertiary/aromatic N) is 2. The molecule has 1 aliphatic rings. The number of aromatic nitrogens is 2. The van der Waals surface area contributed by atoms with Crippen molar-refractivity contribution in [1.82, 2.24) is 9.78 Å². The summed E-state index contributed by atoms with van der Waals surface area (Å²) in [6.07, 6.45) is -3.06. The molecule has 0 bridgehead atoms. The summed E-state index contributed by atoms with van der Waals surface area (Å²) >= 11 is 2.89. The van der Waals surface area contributed by atoms with E-state index in [1.54, 1.807) is 0 Å². The molecule has 0 saturated heterocycles. The normalized spacial score (nSPS) is 16.8. The van der Waals surface area contributed by atoms with Crippen molar-refractivity contribution in [3.63, 3.8) is 0 Å². The van der Waals surface area contributed by atoms with Crippen LogP contribution in [0.15, 0.2) is 10.7 Å². The van der Waals surface area contributed by atoms with Crippen LogP contribution in [0.5, 0.6) is 0 Å². The fourth-order valence-electron chi connectivity index (χ4n) is 1.15. The van der Waals surface area contributed by atoms with Gasteiger partial charge >= 0.3 is 6.18 Å². The number of hydrogen-bond donors (Lipinski definition) is 0. The van der Waals surface area contributed by atoms with Crippen LogP contribution in [0.4, 0.5) is 13.2 Å². The molecule has 1 fully saturated rings. The molecule has 1 aromatic rings. The van der Waals surface area contributed by atoms with Crippen LogP contribution in [-0.2, 0) is 6.18 Å². The molecule has 15 heavy (non-hydrogen) atoms. The Bertz CT molecular complexity index is 409. The number of carbonyl (C=O) groups excluding carboxylic acids is 1. The van der Waals surface area contributed by atoms with Gasteiger partial charge in [0.15, 0.2) is 5.69 Å². The zero-order valence-corrected chi connectivity index (χ0v) is 8.97. The average molecular weight is 283 g/mol. The van der Waals surface area contributed by atoms with Crippen LogP contribution in [0.1, 0.15) is 23.3 Å². The Kier molecular flexibility index (Phi) is 2.37. The minimum atomic E-state index is -4.52. The molecule has 0 aromatic carbocycles. The third-order valence-corrected chi connectivity index (χ3v) is 2.66. The first-order chi connectivity index (χ1) is 6.89. The number of carbonyl (C=O) groups is 1. The summed E-state index contributed by atoms with van der Waals surface area (Å²) in [5.74, 6) is -0.542. The average Bonchev–Trinajstić information content (AvgIpc) is 2.87. The van der Waals surface area contributed by atoms with Gasteiger partial charge in [0.2, 0.25) is 0 Å². The van der Waals surface area contributed by atoms with Gasteiger partial charge < -0.3 is 0 Å². The maximum atomic E-state index is 12.3. The fourth-order valence-corrected chi connectivity index (χ4v) is 1.63. The van der Waals surface area contributed by atoms with Gasteiger partial charge in [0, 0.05) is 12.0 Å². The van der Waals surface area contributed by atoms with Gasteiger partial charge in [-0.25, -0.2) is 0 Å². The van der Waals surface area contributed by atoms with E-state index in [4.69, 9.17) is 0 Å². The lowest BCUT2D eigenvalue weighted by molar-refractivity contribution is -0.141. The first kappa shape index (κ1) is 10.7. The third kappa shape index (κ3) is 2.06.